The van der Waals surface area contributed by atoms with Crippen LogP contribution in [0.5, 0.6) is 0 Å². The van der Waals surface area contributed by atoms with Gasteiger partial charge >= 0.3 is 0 Å². The Kier molecular flexibility index (Phi) is 3.09. The van der Waals surface area contributed by atoms with E-state index in [1.54, 1.807) is 12.1 Å². The lowest BCUT2D eigenvalue weighted by atomic mass is 9.88. The number of aliphatic hydroxyl groups is 1. The van der Waals surface area contributed by atoms with Crippen LogP contribution in [0.15, 0.2) is 42.6 Å². The summed E-state index contributed by atoms with van der Waals surface area (Å²) in [6.45, 7) is 4.30. The molecular weight excluding hydrogens is 317 g/mol. The van der Waals surface area contributed by atoms with Gasteiger partial charge in [0.2, 0.25) is 0 Å². The summed E-state index contributed by atoms with van der Waals surface area (Å²) in [7, 11) is 0. The first-order valence-corrected chi connectivity index (χ1v) is 8.71. The van der Waals surface area contributed by atoms with Crippen LogP contribution in [0.25, 0.3) is 16.6 Å². The van der Waals surface area contributed by atoms with E-state index in [-0.39, 0.29) is 17.8 Å². The van der Waals surface area contributed by atoms with E-state index in [4.69, 9.17) is 0 Å². The summed E-state index contributed by atoms with van der Waals surface area (Å²) in [4.78, 5) is 0. The molecule has 1 saturated heterocycles. The molecule has 1 aliphatic carbocycles. The maximum atomic E-state index is 13.2. The van der Waals surface area contributed by atoms with E-state index in [2.05, 4.69) is 29.5 Å². The van der Waals surface area contributed by atoms with Crippen molar-refractivity contribution in [1.29, 1.82) is 0 Å². The van der Waals surface area contributed by atoms with Crippen molar-refractivity contribution >= 4 is 10.9 Å². The van der Waals surface area contributed by atoms with Crippen molar-refractivity contribution in [2.24, 2.45) is 11.8 Å². The number of rotatable bonds is 3. The minimum Gasteiger partial charge on any atom is -0.396 e. The molecule has 2 fully saturated rings. The predicted molar refractivity (Wildman–Crippen MR) is 94.4 cm³/mol. The van der Waals surface area contributed by atoms with Gasteiger partial charge in [0.25, 0.3) is 0 Å². The molecule has 1 aromatic heterocycles. The zero-order valence-corrected chi connectivity index (χ0v) is 14.0. The van der Waals surface area contributed by atoms with Crippen molar-refractivity contribution in [3.8, 4) is 5.69 Å². The van der Waals surface area contributed by atoms with Crippen LogP contribution in [-0.4, -0.2) is 34.6 Å². The van der Waals surface area contributed by atoms with Crippen molar-refractivity contribution < 1.29 is 9.50 Å². The average Bonchev–Trinajstić information content (AvgIpc) is 2.91. The fraction of sp³-hybridized carbons (Fsp3) is 0.350. The molecule has 2 heterocycles. The molecule has 1 aliphatic heterocycles. The van der Waals surface area contributed by atoms with Gasteiger partial charge in [-0.05, 0) is 72.8 Å². The number of piperidine rings is 1. The summed E-state index contributed by atoms with van der Waals surface area (Å²) in [5, 5.41) is 18.8. The normalized spacial score (nSPS) is 27.6. The van der Waals surface area contributed by atoms with Gasteiger partial charge in [-0.15, -0.1) is 0 Å². The number of hydrogen-bond acceptors (Lipinski definition) is 3. The highest BCUT2D eigenvalue weighted by atomic mass is 19.1. The summed E-state index contributed by atoms with van der Waals surface area (Å²) in [5.74, 6) is 0.638. The number of aryl methyl sites for hydroxylation is 1. The van der Waals surface area contributed by atoms with Gasteiger partial charge in [0.15, 0.2) is 0 Å². The van der Waals surface area contributed by atoms with Crippen molar-refractivity contribution in [3.05, 3.63) is 59.5 Å². The largest absolute Gasteiger partial charge is 0.396 e. The number of aliphatic hydroxyl groups excluding tert-OH is 1. The molecule has 0 spiro atoms. The van der Waals surface area contributed by atoms with E-state index in [9.17, 15) is 9.50 Å². The monoisotopic (exact) mass is 337 g/mol. The van der Waals surface area contributed by atoms with E-state index >= 15 is 0 Å². The van der Waals surface area contributed by atoms with Gasteiger partial charge in [-0.2, -0.15) is 5.10 Å². The zero-order valence-electron chi connectivity index (χ0n) is 14.0. The van der Waals surface area contributed by atoms with Crippen molar-refractivity contribution in [2.45, 2.75) is 12.3 Å². The fourth-order valence-corrected chi connectivity index (χ4v) is 4.88. The SMILES string of the molecule is Cc1cc2c(cnn2-c2ccc(F)cc2)cc1C12CNCC1C2CO. The first-order valence-electron chi connectivity index (χ1n) is 8.71. The lowest BCUT2D eigenvalue weighted by Gasteiger charge is -2.18. The van der Waals surface area contributed by atoms with Gasteiger partial charge in [0.05, 0.1) is 17.4 Å². The van der Waals surface area contributed by atoms with E-state index in [0.717, 1.165) is 29.7 Å². The number of nitrogens with zero attached hydrogens (tertiary/aromatic N) is 2. The number of benzene rings is 2. The average molecular weight is 337 g/mol. The van der Waals surface area contributed by atoms with Crippen LogP contribution in [0.3, 0.4) is 0 Å². The first-order chi connectivity index (χ1) is 12.1. The first kappa shape index (κ1) is 15.0. The second-order valence-corrected chi connectivity index (χ2v) is 7.33. The summed E-state index contributed by atoms with van der Waals surface area (Å²) in [6, 6.07) is 10.8. The van der Waals surface area contributed by atoms with Crippen LogP contribution in [-0.2, 0) is 5.41 Å². The van der Waals surface area contributed by atoms with Crippen molar-refractivity contribution in [3.63, 3.8) is 0 Å². The standard InChI is InChI=1S/C20H20FN3O/c1-12-6-19-13(8-23-24(19)15-4-2-14(21)3-5-15)7-16(12)20-11-22-9-17(20)18(20)10-25/h2-8,17-18,22,25H,9-11H2,1H3. The minimum absolute atomic E-state index is 0.0744. The summed E-state index contributed by atoms with van der Waals surface area (Å²) < 4.78 is 15.0. The Morgan fingerprint density at radius 2 is 2.12 bits per heavy atom. The number of halogens is 1. The van der Waals surface area contributed by atoms with E-state index in [1.807, 2.05) is 10.9 Å². The maximum absolute atomic E-state index is 13.2. The molecular formula is C20H20FN3O. The molecule has 3 atom stereocenters. The number of nitrogens with one attached hydrogen (secondary N) is 1. The summed E-state index contributed by atoms with van der Waals surface area (Å²) in [6.07, 6.45) is 1.87. The molecule has 5 rings (SSSR count). The smallest absolute Gasteiger partial charge is 0.123 e. The third-order valence-electron chi connectivity index (χ3n) is 6.17. The van der Waals surface area contributed by atoms with Crippen molar-refractivity contribution in [2.75, 3.05) is 19.7 Å². The third-order valence-corrected chi connectivity index (χ3v) is 6.17. The number of fused-ring (bicyclic) bond motifs is 2. The van der Waals surface area contributed by atoms with Gasteiger partial charge in [-0.3, -0.25) is 0 Å². The summed E-state index contributed by atoms with van der Waals surface area (Å²) in [5.41, 5.74) is 4.49. The van der Waals surface area contributed by atoms with Gasteiger partial charge in [0, 0.05) is 24.0 Å². The molecule has 3 aromatic rings. The van der Waals surface area contributed by atoms with E-state index < -0.39 is 0 Å². The molecule has 0 amide bonds. The molecule has 128 valence electrons. The molecule has 0 bridgehead atoms. The van der Waals surface area contributed by atoms with Crippen LogP contribution in [0, 0.1) is 24.6 Å². The highest BCUT2D eigenvalue weighted by Gasteiger charge is 2.67. The fourth-order valence-electron chi connectivity index (χ4n) is 4.88. The molecule has 2 aliphatic rings. The lowest BCUT2D eigenvalue weighted by molar-refractivity contribution is 0.253. The molecule has 5 heteroatoms. The quantitative estimate of drug-likeness (QED) is 0.772. The Balaban J connectivity index is 1.63. The van der Waals surface area contributed by atoms with Gasteiger partial charge < -0.3 is 10.4 Å². The Hall–Kier alpha value is -2.24. The number of hydrogen-bond donors (Lipinski definition) is 2. The van der Waals surface area contributed by atoms with Crippen LogP contribution >= 0.6 is 0 Å². The van der Waals surface area contributed by atoms with E-state index in [1.165, 1.54) is 23.3 Å². The zero-order chi connectivity index (χ0) is 17.2. The molecule has 2 aromatic carbocycles. The second-order valence-electron chi connectivity index (χ2n) is 7.33. The Morgan fingerprint density at radius 3 is 2.84 bits per heavy atom. The summed E-state index contributed by atoms with van der Waals surface area (Å²) >= 11 is 0. The van der Waals surface area contributed by atoms with Crippen molar-refractivity contribution in [1.82, 2.24) is 15.1 Å². The van der Waals surface area contributed by atoms with Crippen LogP contribution in [0.2, 0.25) is 0 Å². The molecule has 0 radical (unpaired) electrons. The predicted octanol–water partition coefficient (Wildman–Crippen LogP) is 2.55. The third kappa shape index (κ3) is 1.96. The van der Waals surface area contributed by atoms with Crippen LogP contribution in [0.1, 0.15) is 11.1 Å². The van der Waals surface area contributed by atoms with Crippen LogP contribution < -0.4 is 5.32 Å². The molecule has 4 nitrogen and oxygen atoms in total. The van der Waals surface area contributed by atoms with Crippen LogP contribution in [0.4, 0.5) is 4.39 Å². The Bertz CT molecular complexity index is 959. The van der Waals surface area contributed by atoms with Gasteiger partial charge in [-0.25, -0.2) is 9.07 Å². The number of aromatic nitrogens is 2. The second kappa shape index (κ2) is 5.13. The molecule has 25 heavy (non-hydrogen) atoms. The highest BCUT2D eigenvalue weighted by Crippen LogP contribution is 2.62. The Labute approximate surface area is 145 Å². The highest BCUT2D eigenvalue weighted by molar-refractivity contribution is 5.83. The molecule has 3 unspecified atom stereocenters. The Morgan fingerprint density at radius 1 is 1.32 bits per heavy atom. The maximum Gasteiger partial charge on any atom is 0.123 e. The van der Waals surface area contributed by atoms with E-state index in [0.29, 0.717) is 11.8 Å². The van der Waals surface area contributed by atoms with Gasteiger partial charge in [-0.1, -0.05) is 0 Å². The molecule has 2 N–H and O–H groups in total. The topological polar surface area (TPSA) is 50.1 Å². The molecule has 1 saturated carbocycles. The minimum atomic E-state index is -0.249. The lowest BCUT2D eigenvalue weighted by Crippen LogP contribution is -2.25. The van der Waals surface area contributed by atoms with Gasteiger partial charge in [0.1, 0.15) is 5.82 Å².